The summed E-state index contributed by atoms with van der Waals surface area (Å²) in [7, 11) is 0. The third kappa shape index (κ3) is 3.20. The minimum atomic E-state index is -0.0195. The third-order valence-electron chi connectivity index (χ3n) is 2.60. The van der Waals surface area contributed by atoms with E-state index in [4.69, 9.17) is 4.52 Å². The second kappa shape index (κ2) is 5.67. The zero-order valence-electron chi connectivity index (χ0n) is 10.1. The van der Waals surface area contributed by atoms with Gasteiger partial charge in [0.2, 0.25) is 5.91 Å². The number of thiophene rings is 1. The summed E-state index contributed by atoms with van der Waals surface area (Å²) in [5.41, 5.74) is 1.65. The van der Waals surface area contributed by atoms with E-state index in [-0.39, 0.29) is 5.91 Å². The molecule has 1 N–H and O–H groups in total. The molecule has 0 radical (unpaired) electrons. The van der Waals surface area contributed by atoms with Gasteiger partial charge in [0, 0.05) is 20.3 Å². The number of aryl methyl sites for hydroxylation is 2. The summed E-state index contributed by atoms with van der Waals surface area (Å²) in [6.07, 6.45) is 0.313. The van der Waals surface area contributed by atoms with Crippen molar-refractivity contribution < 1.29 is 9.32 Å². The Balaban J connectivity index is 1.89. The van der Waals surface area contributed by atoms with Gasteiger partial charge < -0.3 is 9.84 Å². The summed E-state index contributed by atoms with van der Waals surface area (Å²) < 4.78 is 6.07. The Morgan fingerprint density at radius 3 is 2.89 bits per heavy atom. The number of carbonyl (C=O) groups excluding carboxylic acids is 1. The van der Waals surface area contributed by atoms with Crippen LogP contribution < -0.4 is 5.32 Å². The molecule has 0 spiro atoms. The van der Waals surface area contributed by atoms with Gasteiger partial charge in [-0.05, 0) is 35.8 Å². The van der Waals surface area contributed by atoms with Gasteiger partial charge in [0.25, 0.3) is 0 Å². The van der Waals surface area contributed by atoms with E-state index in [0.29, 0.717) is 18.7 Å². The van der Waals surface area contributed by atoms with Crippen molar-refractivity contribution in [1.29, 1.82) is 0 Å². The molecule has 6 heteroatoms. The lowest BCUT2D eigenvalue weighted by molar-refractivity contribution is -0.120. The topological polar surface area (TPSA) is 55.1 Å². The van der Waals surface area contributed by atoms with Gasteiger partial charge in [-0.25, -0.2) is 0 Å². The Morgan fingerprint density at radius 1 is 1.56 bits per heavy atom. The minimum Gasteiger partial charge on any atom is -0.361 e. The van der Waals surface area contributed by atoms with Crippen LogP contribution in [0.3, 0.4) is 0 Å². The van der Waals surface area contributed by atoms with Crippen LogP contribution in [-0.4, -0.2) is 11.1 Å². The number of aromatic nitrogens is 1. The quantitative estimate of drug-likeness (QED) is 0.938. The van der Waals surface area contributed by atoms with Gasteiger partial charge in [0.15, 0.2) is 0 Å². The molecule has 2 rings (SSSR count). The van der Waals surface area contributed by atoms with Gasteiger partial charge in [-0.15, -0.1) is 11.3 Å². The fourth-order valence-electron chi connectivity index (χ4n) is 1.61. The molecule has 0 aromatic carbocycles. The zero-order valence-corrected chi connectivity index (χ0v) is 12.5. The van der Waals surface area contributed by atoms with E-state index in [2.05, 4.69) is 26.4 Å². The highest BCUT2D eigenvalue weighted by Crippen LogP contribution is 2.19. The summed E-state index contributed by atoms with van der Waals surface area (Å²) in [6, 6.07) is 2.00. The first-order valence-electron chi connectivity index (χ1n) is 5.47. The molecule has 1 amide bonds. The molecule has 0 aliphatic rings. The molecule has 2 aromatic heterocycles. The number of carbonyl (C=O) groups is 1. The van der Waals surface area contributed by atoms with Crippen LogP contribution in [0.15, 0.2) is 20.4 Å². The minimum absolute atomic E-state index is 0.0195. The van der Waals surface area contributed by atoms with Crippen molar-refractivity contribution in [3.05, 3.63) is 37.8 Å². The smallest absolute Gasteiger partial charge is 0.224 e. The van der Waals surface area contributed by atoms with E-state index < -0.39 is 0 Å². The summed E-state index contributed by atoms with van der Waals surface area (Å²) in [4.78, 5) is 12.9. The molecular weight excluding hydrogens is 316 g/mol. The zero-order chi connectivity index (χ0) is 13.1. The Labute approximate surface area is 117 Å². The van der Waals surface area contributed by atoms with Crippen LogP contribution in [0.2, 0.25) is 0 Å². The third-order valence-corrected chi connectivity index (χ3v) is 4.30. The van der Waals surface area contributed by atoms with Crippen molar-refractivity contribution in [3.8, 4) is 0 Å². The lowest BCUT2D eigenvalue weighted by atomic mass is 10.1. The van der Waals surface area contributed by atoms with E-state index in [1.165, 1.54) is 0 Å². The standard InChI is InChI=1S/C12H13BrN2O2S/c1-7-11(8(2)17-15-7)4-12(16)14-5-10-3-9(13)6-18-10/h3,6H,4-5H2,1-2H3,(H,14,16). The second-order valence-corrected chi connectivity index (χ2v) is 5.90. The Kier molecular flexibility index (Phi) is 4.19. The summed E-state index contributed by atoms with van der Waals surface area (Å²) in [5.74, 6) is 0.690. The van der Waals surface area contributed by atoms with Gasteiger partial charge in [0.05, 0.1) is 18.7 Å². The first-order chi connectivity index (χ1) is 8.56. The highest BCUT2D eigenvalue weighted by Gasteiger charge is 2.13. The molecular formula is C12H13BrN2O2S. The van der Waals surface area contributed by atoms with Crippen molar-refractivity contribution in [1.82, 2.24) is 10.5 Å². The van der Waals surface area contributed by atoms with E-state index in [9.17, 15) is 4.79 Å². The number of halogens is 1. The highest BCUT2D eigenvalue weighted by molar-refractivity contribution is 9.10. The molecule has 0 aliphatic heterocycles. The first-order valence-corrected chi connectivity index (χ1v) is 7.15. The summed E-state index contributed by atoms with van der Waals surface area (Å²) in [5, 5.41) is 8.71. The average molecular weight is 329 g/mol. The van der Waals surface area contributed by atoms with Gasteiger partial charge in [-0.1, -0.05) is 5.16 Å². The van der Waals surface area contributed by atoms with E-state index >= 15 is 0 Å². The molecule has 18 heavy (non-hydrogen) atoms. The predicted molar refractivity (Wildman–Crippen MR) is 73.5 cm³/mol. The van der Waals surface area contributed by atoms with Gasteiger partial charge >= 0.3 is 0 Å². The highest BCUT2D eigenvalue weighted by atomic mass is 79.9. The fourth-order valence-corrected chi connectivity index (χ4v) is 3.00. The van der Waals surface area contributed by atoms with Gasteiger partial charge in [-0.2, -0.15) is 0 Å². The van der Waals surface area contributed by atoms with E-state index in [1.807, 2.05) is 25.3 Å². The molecule has 4 nitrogen and oxygen atoms in total. The van der Waals surface area contributed by atoms with Gasteiger partial charge in [0.1, 0.15) is 5.76 Å². The lowest BCUT2D eigenvalue weighted by Crippen LogP contribution is -2.24. The van der Waals surface area contributed by atoms with Crippen LogP contribution in [0.4, 0.5) is 0 Å². The van der Waals surface area contributed by atoms with Gasteiger partial charge in [-0.3, -0.25) is 4.79 Å². The molecule has 0 saturated heterocycles. The van der Waals surface area contributed by atoms with Crippen LogP contribution in [0.5, 0.6) is 0 Å². The summed E-state index contributed by atoms with van der Waals surface area (Å²) >= 11 is 5.00. The van der Waals surface area contributed by atoms with E-state index in [1.54, 1.807) is 11.3 Å². The molecule has 0 aliphatic carbocycles. The number of nitrogens with zero attached hydrogens (tertiary/aromatic N) is 1. The molecule has 0 fully saturated rings. The van der Waals surface area contributed by atoms with Crippen molar-refractivity contribution in [2.45, 2.75) is 26.8 Å². The largest absolute Gasteiger partial charge is 0.361 e. The maximum absolute atomic E-state index is 11.8. The number of rotatable bonds is 4. The molecule has 0 unspecified atom stereocenters. The van der Waals surface area contributed by atoms with Crippen molar-refractivity contribution in [2.24, 2.45) is 0 Å². The predicted octanol–water partition coefficient (Wildman–Crippen LogP) is 2.97. The number of nitrogens with one attached hydrogen (secondary N) is 1. The van der Waals surface area contributed by atoms with Crippen LogP contribution in [-0.2, 0) is 17.8 Å². The summed E-state index contributed by atoms with van der Waals surface area (Å²) in [6.45, 7) is 4.22. The van der Waals surface area contributed by atoms with Crippen molar-refractivity contribution >= 4 is 33.2 Å². The van der Waals surface area contributed by atoms with Crippen LogP contribution in [0.25, 0.3) is 0 Å². The molecule has 0 bridgehead atoms. The molecule has 0 atom stereocenters. The maximum Gasteiger partial charge on any atom is 0.224 e. The lowest BCUT2D eigenvalue weighted by Gasteiger charge is -2.03. The number of amides is 1. The second-order valence-electron chi connectivity index (χ2n) is 3.99. The van der Waals surface area contributed by atoms with Crippen LogP contribution in [0.1, 0.15) is 21.9 Å². The number of hydrogen-bond acceptors (Lipinski definition) is 4. The molecule has 2 aromatic rings. The molecule has 96 valence electrons. The van der Waals surface area contributed by atoms with Crippen molar-refractivity contribution in [2.75, 3.05) is 0 Å². The first kappa shape index (κ1) is 13.3. The van der Waals surface area contributed by atoms with Crippen LogP contribution >= 0.6 is 27.3 Å². The Morgan fingerprint density at radius 2 is 2.33 bits per heavy atom. The monoisotopic (exact) mass is 328 g/mol. The van der Waals surface area contributed by atoms with Crippen LogP contribution in [0, 0.1) is 13.8 Å². The van der Waals surface area contributed by atoms with E-state index in [0.717, 1.165) is 20.6 Å². The molecule has 2 heterocycles. The normalized spacial score (nSPS) is 10.6. The molecule has 0 saturated carbocycles. The average Bonchev–Trinajstić information content (AvgIpc) is 2.87. The Hall–Kier alpha value is -1.14. The maximum atomic E-state index is 11.8. The Bertz CT molecular complexity index is 543. The van der Waals surface area contributed by atoms with Crippen molar-refractivity contribution in [3.63, 3.8) is 0 Å². The fraction of sp³-hybridized carbons (Fsp3) is 0.333. The number of hydrogen-bond donors (Lipinski definition) is 1. The SMILES string of the molecule is Cc1noc(C)c1CC(=O)NCc1cc(Br)cs1.